The molecule has 0 spiro atoms. The summed E-state index contributed by atoms with van der Waals surface area (Å²) < 4.78 is 5.71. The number of pyridine rings is 1. The van der Waals surface area contributed by atoms with Crippen molar-refractivity contribution < 1.29 is 19.4 Å². The van der Waals surface area contributed by atoms with Gasteiger partial charge < -0.3 is 14.7 Å². The van der Waals surface area contributed by atoms with E-state index in [4.69, 9.17) is 9.84 Å². The highest BCUT2D eigenvalue weighted by Gasteiger charge is 2.29. The fourth-order valence-corrected chi connectivity index (χ4v) is 3.44. The quantitative estimate of drug-likeness (QED) is 0.825. The summed E-state index contributed by atoms with van der Waals surface area (Å²) in [6.07, 6.45) is 1.22. The van der Waals surface area contributed by atoms with Crippen LogP contribution < -0.4 is 4.74 Å². The van der Waals surface area contributed by atoms with Gasteiger partial charge in [0.1, 0.15) is 11.4 Å². The van der Waals surface area contributed by atoms with Crippen molar-refractivity contribution in [1.82, 2.24) is 14.8 Å². The number of nitrogens with zero attached hydrogens (tertiary/aromatic N) is 3. The van der Waals surface area contributed by atoms with Crippen LogP contribution in [0.2, 0.25) is 0 Å². The number of hydrogen-bond acceptors (Lipinski definition) is 5. The maximum absolute atomic E-state index is 12.8. The SMILES string of the molecule is CCOc1ccccc1CN1CCN(C(=O)c2ccc(C(=O)O)cn2)C(C)C1. The predicted molar refractivity (Wildman–Crippen MR) is 105 cm³/mol. The molecule has 0 bridgehead atoms. The molecule has 0 radical (unpaired) electrons. The third-order valence-electron chi connectivity index (χ3n) is 4.87. The molecule has 1 unspecified atom stereocenters. The van der Waals surface area contributed by atoms with Crippen LogP contribution in [0.5, 0.6) is 5.75 Å². The summed E-state index contributed by atoms with van der Waals surface area (Å²) >= 11 is 0. The van der Waals surface area contributed by atoms with Gasteiger partial charge in [0.25, 0.3) is 5.91 Å². The van der Waals surface area contributed by atoms with Crippen molar-refractivity contribution in [3.63, 3.8) is 0 Å². The van der Waals surface area contributed by atoms with Crippen LogP contribution in [-0.4, -0.2) is 64.0 Å². The third kappa shape index (κ3) is 4.48. The van der Waals surface area contributed by atoms with E-state index in [1.165, 1.54) is 18.3 Å². The van der Waals surface area contributed by atoms with Crippen molar-refractivity contribution in [2.75, 3.05) is 26.2 Å². The first-order valence-corrected chi connectivity index (χ1v) is 9.43. The van der Waals surface area contributed by atoms with Crippen molar-refractivity contribution in [3.8, 4) is 5.75 Å². The molecule has 1 amide bonds. The van der Waals surface area contributed by atoms with Gasteiger partial charge in [-0.05, 0) is 32.0 Å². The Kier molecular flexibility index (Phi) is 6.26. The van der Waals surface area contributed by atoms with E-state index in [1.54, 1.807) is 4.90 Å². The van der Waals surface area contributed by atoms with Crippen LogP contribution >= 0.6 is 0 Å². The largest absolute Gasteiger partial charge is 0.494 e. The lowest BCUT2D eigenvalue weighted by atomic mass is 10.1. The van der Waals surface area contributed by atoms with Crippen LogP contribution in [0.3, 0.4) is 0 Å². The number of rotatable bonds is 6. The van der Waals surface area contributed by atoms with Crippen molar-refractivity contribution in [1.29, 1.82) is 0 Å². The fourth-order valence-electron chi connectivity index (χ4n) is 3.44. The van der Waals surface area contributed by atoms with E-state index < -0.39 is 5.97 Å². The Bertz CT molecular complexity index is 838. The summed E-state index contributed by atoms with van der Waals surface area (Å²) in [5, 5.41) is 8.96. The molecule has 1 atom stereocenters. The summed E-state index contributed by atoms with van der Waals surface area (Å²) in [5.41, 5.74) is 1.48. The second-order valence-electron chi connectivity index (χ2n) is 6.86. The topological polar surface area (TPSA) is 83.0 Å². The van der Waals surface area contributed by atoms with Crippen molar-refractivity contribution in [2.24, 2.45) is 0 Å². The van der Waals surface area contributed by atoms with Crippen LogP contribution in [0.1, 0.15) is 40.3 Å². The van der Waals surface area contributed by atoms with Crippen molar-refractivity contribution in [2.45, 2.75) is 26.4 Å². The van der Waals surface area contributed by atoms with E-state index in [0.29, 0.717) is 13.2 Å². The average molecular weight is 383 g/mol. The summed E-state index contributed by atoms with van der Waals surface area (Å²) in [4.78, 5) is 31.8. The molecule has 7 heteroatoms. The van der Waals surface area contributed by atoms with Crippen LogP contribution in [0.25, 0.3) is 0 Å². The van der Waals surface area contributed by atoms with Crippen LogP contribution in [0.15, 0.2) is 42.6 Å². The van der Waals surface area contributed by atoms with Gasteiger partial charge in [0.15, 0.2) is 0 Å². The summed E-state index contributed by atoms with van der Waals surface area (Å²) in [7, 11) is 0. The third-order valence-corrected chi connectivity index (χ3v) is 4.87. The predicted octanol–water partition coefficient (Wildman–Crippen LogP) is 2.53. The standard InChI is InChI=1S/C21H25N3O4/c1-3-28-19-7-5-4-6-17(19)14-23-10-11-24(15(2)13-23)20(25)18-9-8-16(12-22-18)21(26)27/h4-9,12,15H,3,10-11,13-14H2,1-2H3,(H,26,27). The average Bonchev–Trinajstić information content (AvgIpc) is 2.69. The Morgan fingerprint density at radius 2 is 2.00 bits per heavy atom. The first-order valence-electron chi connectivity index (χ1n) is 9.43. The minimum atomic E-state index is -1.05. The normalized spacial score (nSPS) is 17.4. The number of piperazine rings is 1. The molecule has 1 saturated heterocycles. The van der Waals surface area contributed by atoms with Crippen LogP contribution in [0.4, 0.5) is 0 Å². The van der Waals surface area contributed by atoms with Crippen LogP contribution in [-0.2, 0) is 6.54 Å². The summed E-state index contributed by atoms with van der Waals surface area (Å²) in [6.45, 7) is 7.49. The molecule has 2 heterocycles. The lowest BCUT2D eigenvalue weighted by molar-refractivity contribution is 0.0467. The lowest BCUT2D eigenvalue weighted by Crippen LogP contribution is -2.53. The molecule has 1 aliphatic heterocycles. The smallest absolute Gasteiger partial charge is 0.337 e. The minimum Gasteiger partial charge on any atom is -0.494 e. The molecule has 3 rings (SSSR count). The number of carboxylic acids is 1. The number of carbonyl (C=O) groups excluding carboxylic acids is 1. The van der Waals surface area contributed by atoms with Gasteiger partial charge in [-0.3, -0.25) is 14.7 Å². The van der Waals surface area contributed by atoms with E-state index in [9.17, 15) is 9.59 Å². The molecule has 7 nitrogen and oxygen atoms in total. The highest BCUT2D eigenvalue weighted by molar-refractivity contribution is 5.94. The zero-order chi connectivity index (χ0) is 20.1. The Hall–Kier alpha value is -2.93. The Morgan fingerprint density at radius 3 is 2.64 bits per heavy atom. The molecule has 1 aromatic carbocycles. The Balaban J connectivity index is 1.63. The number of ether oxygens (including phenoxy) is 1. The van der Waals surface area contributed by atoms with Gasteiger partial charge in [-0.1, -0.05) is 18.2 Å². The Labute approximate surface area is 164 Å². The highest BCUT2D eigenvalue weighted by atomic mass is 16.5. The van der Waals surface area contributed by atoms with Gasteiger partial charge in [-0.15, -0.1) is 0 Å². The zero-order valence-electron chi connectivity index (χ0n) is 16.2. The number of aromatic carboxylic acids is 1. The second kappa shape index (κ2) is 8.84. The number of para-hydroxylation sites is 1. The number of amides is 1. The maximum Gasteiger partial charge on any atom is 0.337 e. The monoisotopic (exact) mass is 383 g/mol. The van der Waals surface area contributed by atoms with Gasteiger partial charge in [0.05, 0.1) is 12.2 Å². The molecule has 0 saturated carbocycles. The molecule has 148 valence electrons. The minimum absolute atomic E-state index is 0.0291. The van der Waals surface area contributed by atoms with Gasteiger partial charge in [0.2, 0.25) is 0 Å². The van der Waals surface area contributed by atoms with E-state index >= 15 is 0 Å². The number of benzene rings is 1. The van der Waals surface area contributed by atoms with Crippen LogP contribution in [0, 0.1) is 0 Å². The summed E-state index contributed by atoms with van der Waals surface area (Å²) in [5.74, 6) is -0.321. The van der Waals surface area contributed by atoms with Gasteiger partial charge in [-0.2, -0.15) is 0 Å². The number of hydrogen-bond donors (Lipinski definition) is 1. The number of carbonyl (C=O) groups is 2. The number of aromatic nitrogens is 1. The first-order chi connectivity index (χ1) is 13.5. The highest BCUT2D eigenvalue weighted by Crippen LogP contribution is 2.22. The molecule has 28 heavy (non-hydrogen) atoms. The maximum atomic E-state index is 12.8. The first kappa shape index (κ1) is 19.8. The molecule has 1 N–H and O–H groups in total. The lowest BCUT2D eigenvalue weighted by Gasteiger charge is -2.39. The number of carboxylic acid groups (broad SMARTS) is 1. The molecule has 2 aromatic rings. The van der Waals surface area contributed by atoms with Crippen molar-refractivity contribution in [3.05, 3.63) is 59.4 Å². The van der Waals surface area contributed by atoms with Gasteiger partial charge in [0, 0.05) is 44.0 Å². The van der Waals surface area contributed by atoms with Gasteiger partial charge >= 0.3 is 5.97 Å². The molecule has 1 aliphatic rings. The zero-order valence-corrected chi connectivity index (χ0v) is 16.2. The van der Waals surface area contributed by atoms with Gasteiger partial charge in [-0.25, -0.2) is 4.79 Å². The Morgan fingerprint density at radius 1 is 1.21 bits per heavy atom. The van der Waals surface area contributed by atoms with E-state index in [2.05, 4.69) is 16.0 Å². The fraction of sp³-hybridized carbons (Fsp3) is 0.381. The molecular weight excluding hydrogens is 358 g/mol. The summed E-state index contributed by atoms with van der Waals surface area (Å²) in [6, 6.07) is 10.9. The van der Waals surface area contributed by atoms with Crippen molar-refractivity contribution >= 4 is 11.9 Å². The second-order valence-corrected chi connectivity index (χ2v) is 6.86. The molecule has 1 fully saturated rings. The van der Waals surface area contributed by atoms with E-state index in [1.807, 2.05) is 32.0 Å². The van der Waals surface area contributed by atoms with E-state index in [-0.39, 0.29) is 23.2 Å². The molecule has 0 aliphatic carbocycles. The van der Waals surface area contributed by atoms with E-state index in [0.717, 1.165) is 30.9 Å². The molecular formula is C21H25N3O4. The molecule has 1 aromatic heterocycles.